The Kier molecular flexibility index (Phi) is 12.0. The maximum Gasteiger partial charge on any atom is 0.196 e. The molecule has 11 heteroatoms. The molecule has 0 atom stereocenters. The monoisotopic (exact) mass is 1030 g/mol. The Hall–Kier alpha value is -12.8. The fourth-order valence-electron chi connectivity index (χ4n) is 11.1. The lowest BCUT2D eigenvalue weighted by Gasteiger charge is -2.20. The van der Waals surface area contributed by atoms with Crippen LogP contribution in [0.2, 0.25) is 0 Å². The minimum absolute atomic E-state index is 0.333. The highest BCUT2D eigenvalue weighted by atomic mass is 15.0. The molecule has 0 aliphatic heterocycles. The van der Waals surface area contributed by atoms with E-state index in [1.807, 2.05) is 85.8 Å². The SMILES string of the molecule is [C-]#[N+]c1ccc(-c2ccc3c(c2)c2cc(-c4ccc(C#N)cc4[N+]#[C-])ccc2n3-c2ccc(C#N)cc2-c2ccc(C)cc2-n2c3ccc(-c4ccc([N+]#[C-])cc4C#N)cc3c3cc(-c4ccc(C#N)cc4[N+]#[C-])ccc32)c(C#N)c1. The van der Waals surface area contributed by atoms with Crippen LogP contribution in [0.1, 0.15) is 33.4 Å². The molecule has 81 heavy (non-hydrogen) atoms. The molecule has 11 nitrogen and oxygen atoms in total. The third kappa shape index (κ3) is 8.15. The van der Waals surface area contributed by atoms with E-state index < -0.39 is 0 Å². The normalized spacial score (nSPS) is 10.7. The van der Waals surface area contributed by atoms with Crippen molar-refractivity contribution in [3.05, 3.63) is 261 Å². The van der Waals surface area contributed by atoms with Gasteiger partial charge >= 0.3 is 0 Å². The molecule has 0 aliphatic rings. The van der Waals surface area contributed by atoms with Crippen molar-refractivity contribution < 1.29 is 0 Å². The molecule has 368 valence electrons. The summed E-state index contributed by atoms with van der Waals surface area (Å²) in [5, 5.41) is 54.1. The molecule has 0 spiro atoms. The van der Waals surface area contributed by atoms with Gasteiger partial charge in [-0.25, -0.2) is 19.4 Å². The van der Waals surface area contributed by atoms with Gasteiger partial charge in [-0.1, -0.05) is 72.8 Å². The van der Waals surface area contributed by atoms with E-state index in [0.717, 1.165) is 93.9 Å². The van der Waals surface area contributed by atoms with Gasteiger partial charge in [-0.15, -0.1) is 0 Å². The highest BCUT2D eigenvalue weighted by Crippen LogP contribution is 2.46. The van der Waals surface area contributed by atoms with E-state index in [9.17, 15) is 26.3 Å². The van der Waals surface area contributed by atoms with Crippen LogP contribution in [0.15, 0.2) is 182 Å². The van der Waals surface area contributed by atoms with Gasteiger partial charge in [-0.2, -0.15) is 26.3 Å². The van der Waals surface area contributed by atoms with E-state index in [-0.39, 0.29) is 0 Å². The molecule has 0 radical (unpaired) electrons. The number of rotatable bonds is 7. The second-order valence-electron chi connectivity index (χ2n) is 19.3. The standard InChI is InChI=1S/C70H33N11/c1-41-6-16-57(70(26-41)81-68-23-11-46(54-20-15-52(77-3)31-50(54)40-75)33-60(68)62-35-48(13-25-69(62)81)56-18-8-44(38-73)29-64(56)79-5)58-27-42(36-71)9-21-65(58)80-66-22-10-45(53-19-14-51(76-2)30-49(53)39-74)32-59(66)61-34-47(12-24-67(61)80)55-17-7-43(37-72)28-63(55)78-4/h6-35H,1H3. The van der Waals surface area contributed by atoms with Crippen molar-refractivity contribution in [3.63, 3.8) is 0 Å². The molecule has 0 fully saturated rings. The van der Waals surface area contributed by atoms with Crippen molar-refractivity contribution in [2.24, 2.45) is 0 Å². The summed E-state index contributed by atoms with van der Waals surface area (Å²) in [4.78, 5) is 14.7. The van der Waals surface area contributed by atoms with Gasteiger partial charge < -0.3 is 9.13 Å². The quantitative estimate of drug-likeness (QED) is 0.146. The Labute approximate surface area is 464 Å². The van der Waals surface area contributed by atoms with Gasteiger partial charge in [0.1, 0.15) is 0 Å². The second kappa shape index (κ2) is 19.7. The van der Waals surface area contributed by atoms with Crippen LogP contribution >= 0.6 is 0 Å². The van der Waals surface area contributed by atoms with Crippen molar-refractivity contribution in [1.82, 2.24) is 9.13 Å². The first kappa shape index (κ1) is 49.1. The van der Waals surface area contributed by atoms with Crippen LogP contribution in [0.3, 0.4) is 0 Å². The van der Waals surface area contributed by atoms with E-state index in [4.69, 9.17) is 26.3 Å². The second-order valence-corrected chi connectivity index (χ2v) is 19.3. The molecular weight excluding hydrogens is 995 g/mol. The Morgan fingerprint density at radius 2 is 0.704 bits per heavy atom. The zero-order chi connectivity index (χ0) is 56.1. The predicted octanol–water partition coefficient (Wildman–Crippen LogP) is 18.1. The minimum atomic E-state index is 0.333. The van der Waals surface area contributed by atoms with Crippen LogP contribution in [0.4, 0.5) is 22.7 Å². The van der Waals surface area contributed by atoms with Crippen molar-refractivity contribution in [1.29, 1.82) is 26.3 Å². The number of aryl methyl sites for hydroxylation is 1. The fraction of sp³-hybridized carbons (Fsp3) is 0.0143. The number of aromatic nitrogens is 2. The summed E-state index contributed by atoms with van der Waals surface area (Å²) in [5.41, 5.74) is 16.3. The van der Waals surface area contributed by atoms with Crippen LogP contribution in [0.5, 0.6) is 0 Å². The highest BCUT2D eigenvalue weighted by Gasteiger charge is 2.24. The number of nitrogens with zero attached hydrogens (tertiary/aromatic N) is 11. The van der Waals surface area contributed by atoms with Gasteiger partial charge in [0, 0.05) is 54.9 Å². The topological polar surface area (TPSA) is 146 Å². The molecule has 0 saturated carbocycles. The average molecular weight is 1030 g/mol. The van der Waals surface area contributed by atoms with Gasteiger partial charge in [0.05, 0.1) is 95.6 Å². The van der Waals surface area contributed by atoms with E-state index in [1.165, 1.54) is 0 Å². The lowest BCUT2D eigenvalue weighted by atomic mass is 9.96. The van der Waals surface area contributed by atoms with E-state index in [0.29, 0.717) is 72.8 Å². The summed E-state index contributed by atoms with van der Waals surface area (Å²) in [6.07, 6.45) is 0. The third-order valence-electron chi connectivity index (χ3n) is 14.8. The maximum absolute atomic E-state index is 10.6. The van der Waals surface area contributed by atoms with E-state index in [2.05, 4.69) is 83.1 Å². The summed E-state index contributed by atoms with van der Waals surface area (Å²) in [6, 6.07) is 67.6. The smallest absolute Gasteiger partial charge is 0.196 e. The number of benzene rings is 10. The highest BCUT2D eigenvalue weighted by molar-refractivity contribution is 6.14. The molecule has 0 N–H and O–H groups in total. The van der Waals surface area contributed by atoms with Crippen molar-refractivity contribution in [2.45, 2.75) is 6.92 Å². The van der Waals surface area contributed by atoms with Gasteiger partial charge in [-0.3, -0.25) is 0 Å². The molecule has 0 unspecified atom stereocenters. The van der Waals surface area contributed by atoms with Gasteiger partial charge in [0.15, 0.2) is 22.7 Å². The summed E-state index contributed by atoms with van der Waals surface area (Å²) < 4.78 is 4.37. The van der Waals surface area contributed by atoms with Crippen molar-refractivity contribution in [3.8, 4) is 97.4 Å². The Morgan fingerprint density at radius 1 is 0.321 bits per heavy atom. The molecule has 12 rings (SSSR count). The van der Waals surface area contributed by atoms with E-state index >= 15 is 0 Å². The zero-order valence-corrected chi connectivity index (χ0v) is 42.7. The van der Waals surface area contributed by atoms with Crippen molar-refractivity contribution >= 4 is 66.4 Å². The number of nitriles is 5. The first-order valence-electron chi connectivity index (χ1n) is 25.1. The van der Waals surface area contributed by atoms with Crippen LogP contribution in [-0.4, -0.2) is 9.13 Å². The number of hydrogen-bond acceptors (Lipinski definition) is 5. The largest absolute Gasteiger partial charge is 0.309 e. The minimum Gasteiger partial charge on any atom is -0.309 e. The van der Waals surface area contributed by atoms with Gasteiger partial charge in [0.2, 0.25) is 0 Å². The lowest BCUT2D eigenvalue weighted by Crippen LogP contribution is -2.02. The zero-order valence-electron chi connectivity index (χ0n) is 42.7. The van der Waals surface area contributed by atoms with Crippen molar-refractivity contribution in [2.75, 3.05) is 0 Å². The third-order valence-corrected chi connectivity index (χ3v) is 14.8. The number of hydrogen-bond donors (Lipinski definition) is 0. The molecule has 0 bridgehead atoms. The summed E-state index contributed by atoms with van der Waals surface area (Å²) >= 11 is 0. The maximum atomic E-state index is 10.6. The fourth-order valence-corrected chi connectivity index (χ4v) is 11.1. The lowest BCUT2D eigenvalue weighted by molar-refractivity contribution is 1.15. The molecule has 2 aromatic heterocycles. The van der Waals surface area contributed by atoms with Gasteiger partial charge in [-0.05, 0) is 166 Å². The molecule has 0 aliphatic carbocycles. The first-order valence-corrected chi connectivity index (χ1v) is 25.1. The summed E-state index contributed by atoms with van der Waals surface area (Å²) in [7, 11) is 0. The molecule has 0 amide bonds. The molecular formula is C70H33N11. The molecule has 10 aromatic carbocycles. The number of fused-ring (bicyclic) bond motifs is 6. The van der Waals surface area contributed by atoms with Crippen LogP contribution in [0.25, 0.3) is 130 Å². The molecule has 12 aromatic rings. The van der Waals surface area contributed by atoms with Crippen LogP contribution in [-0.2, 0) is 0 Å². The average Bonchev–Trinajstić information content (AvgIpc) is 4.19. The molecule has 0 saturated heterocycles. The Bertz CT molecular complexity index is 4930. The summed E-state index contributed by atoms with van der Waals surface area (Å²) in [6.45, 7) is 33.4. The Morgan fingerprint density at radius 3 is 1.11 bits per heavy atom. The summed E-state index contributed by atoms with van der Waals surface area (Å²) in [5.74, 6) is 0. The van der Waals surface area contributed by atoms with Crippen LogP contribution in [0, 0.1) is 89.9 Å². The Balaban J connectivity index is 1.14. The van der Waals surface area contributed by atoms with Crippen LogP contribution < -0.4 is 0 Å². The van der Waals surface area contributed by atoms with E-state index in [1.54, 1.807) is 78.9 Å². The first-order chi connectivity index (χ1) is 39.6. The predicted molar refractivity (Wildman–Crippen MR) is 316 cm³/mol. The van der Waals surface area contributed by atoms with Gasteiger partial charge in [0.25, 0.3) is 0 Å². The molecule has 2 heterocycles.